The Morgan fingerprint density at radius 3 is 2.21 bits per heavy atom. The Balaban J connectivity index is 1.38. The minimum absolute atomic E-state index is 0.0572. The molecule has 4 rings (SSSR count). The van der Waals surface area contributed by atoms with Gasteiger partial charge in [0, 0.05) is 25.6 Å². The van der Waals surface area contributed by atoms with Crippen LogP contribution in [0.5, 0.6) is 0 Å². The Bertz CT molecular complexity index is 1030. The molecule has 1 heterocycles. The van der Waals surface area contributed by atoms with E-state index in [1.165, 1.54) is 4.90 Å². The summed E-state index contributed by atoms with van der Waals surface area (Å²) in [6.07, 6.45) is -0.868. The van der Waals surface area contributed by atoms with E-state index in [1.54, 1.807) is 13.8 Å². The van der Waals surface area contributed by atoms with Crippen LogP contribution in [0.1, 0.15) is 37.3 Å². The van der Waals surface area contributed by atoms with Crippen LogP contribution in [0.4, 0.5) is 4.79 Å². The Morgan fingerprint density at radius 2 is 1.65 bits per heavy atom. The molecule has 8 heteroatoms. The molecule has 1 saturated heterocycles. The molecule has 0 radical (unpaired) electrons. The summed E-state index contributed by atoms with van der Waals surface area (Å²) in [6, 6.07) is 15.3. The summed E-state index contributed by atoms with van der Waals surface area (Å²) in [5, 5.41) is 12.1. The van der Waals surface area contributed by atoms with Crippen LogP contribution in [0.25, 0.3) is 11.1 Å². The summed E-state index contributed by atoms with van der Waals surface area (Å²) < 4.78 is 11.1. The van der Waals surface area contributed by atoms with Crippen LogP contribution in [0.3, 0.4) is 0 Å². The number of benzene rings is 2. The van der Waals surface area contributed by atoms with E-state index in [2.05, 4.69) is 17.4 Å². The molecule has 1 aliphatic carbocycles. The van der Waals surface area contributed by atoms with Crippen molar-refractivity contribution in [1.29, 1.82) is 0 Å². The lowest BCUT2D eigenvalue weighted by atomic mass is 9.98. The standard InChI is InChI=1S/C26H30N2O6/c1-3-22(24(29)28-13-20(25(30)31)23(14-28)33-4-2)27-26(32)34-15-21-18-11-7-5-9-16(18)17-10-6-8-12-19(17)21/h5-12,20-23H,3-4,13-15H2,1-2H3,(H,27,32)(H,30,31). The van der Waals surface area contributed by atoms with Crippen LogP contribution >= 0.6 is 0 Å². The van der Waals surface area contributed by atoms with Crippen molar-refractivity contribution in [1.82, 2.24) is 10.2 Å². The minimum Gasteiger partial charge on any atom is -0.481 e. The molecular formula is C26H30N2O6. The Labute approximate surface area is 198 Å². The third kappa shape index (κ3) is 4.63. The number of fused-ring (bicyclic) bond motifs is 3. The molecule has 180 valence electrons. The van der Waals surface area contributed by atoms with Crippen LogP contribution in [-0.2, 0) is 19.1 Å². The van der Waals surface area contributed by atoms with Crippen molar-refractivity contribution in [3.63, 3.8) is 0 Å². The van der Waals surface area contributed by atoms with Gasteiger partial charge in [0.25, 0.3) is 0 Å². The molecule has 3 atom stereocenters. The number of aliphatic carboxylic acids is 1. The van der Waals surface area contributed by atoms with Crippen LogP contribution in [0.15, 0.2) is 48.5 Å². The average molecular weight is 467 g/mol. The number of ether oxygens (including phenoxy) is 2. The lowest BCUT2D eigenvalue weighted by Crippen LogP contribution is -2.48. The van der Waals surface area contributed by atoms with Crippen molar-refractivity contribution < 1.29 is 29.0 Å². The first-order chi connectivity index (χ1) is 16.4. The number of nitrogens with one attached hydrogen (secondary N) is 1. The zero-order chi connectivity index (χ0) is 24.2. The van der Waals surface area contributed by atoms with E-state index in [0.29, 0.717) is 13.0 Å². The lowest BCUT2D eigenvalue weighted by Gasteiger charge is -2.23. The van der Waals surface area contributed by atoms with Gasteiger partial charge in [0.2, 0.25) is 5.91 Å². The van der Waals surface area contributed by atoms with Gasteiger partial charge in [-0.1, -0.05) is 55.5 Å². The van der Waals surface area contributed by atoms with Crippen LogP contribution in [-0.4, -0.2) is 66.4 Å². The molecule has 8 nitrogen and oxygen atoms in total. The number of carbonyl (C=O) groups is 3. The van der Waals surface area contributed by atoms with Crippen molar-refractivity contribution in [3.05, 3.63) is 59.7 Å². The highest BCUT2D eigenvalue weighted by Gasteiger charge is 2.42. The molecule has 2 aliphatic rings. The highest BCUT2D eigenvalue weighted by molar-refractivity contribution is 5.87. The van der Waals surface area contributed by atoms with Crippen molar-refractivity contribution in [2.24, 2.45) is 5.92 Å². The molecule has 0 spiro atoms. The number of carboxylic acids is 1. The Hall–Kier alpha value is -3.39. The first-order valence-electron chi connectivity index (χ1n) is 11.7. The first-order valence-corrected chi connectivity index (χ1v) is 11.7. The van der Waals surface area contributed by atoms with Crippen LogP contribution in [0.2, 0.25) is 0 Å². The molecule has 2 aromatic carbocycles. The predicted octanol–water partition coefficient (Wildman–Crippen LogP) is 3.25. The van der Waals surface area contributed by atoms with Gasteiger partial charge in [0.1, 0.15) is 18.6 Å². The molecular weight excluding hydrogens is 436 g/mol. The zero-order valence-electron chi connectivity index (χ0n) is 19.4. The van der Waals surface area contributed by atoms with Gasteiger partial charge in [0.05, 0.1) is 6.10 Å². The second-order valence-corrected chi connectivity index (χ2v) is 8.61. The minimum atomic E-state index is -0.994. The van der Waals surface area contributed by atoms with Gasteiger partial charge in [-0.2, -0.15) is 0 Å². The largest absolute Gasteiger partial charge is 0.481 e. The second-order valence-electron chi connectivity index (χ2n) is 8.61. The number of hydrogen-bond acceptors (Lipinski definition) is 5. The highest BCUT2D eigenvalue weighted by Crippen LogP contribution is 2.44. The number of carbonyl (C=O) groups excluding carboxylic acids is 2. The molecule has 2 aromatic rings. The lowest BCUT2D eigenvalue weighted by molar-refractivity contribution is -0.145. The number of rotatable bonds is 8. The molecule has 0 aromatic heterocycles. The summed E-state index contributed by atoms with van der Waals surface area (Å²) in [7, 11) is 0. The van der Waals surface area contributed by atoms with E-state index in [1.807, 2.05) is 36.4 Å². The van der Waals surface area contributed by atoms with Gasteiger partial charge in [0.15, 0.2) is 0 Å². The van der Waals surface area contributed by atoms with E-state index in [4.69, 9.17) is 9.47 Å². The maximum Gasteiger partial charge on any atom is 0.407 e. The number of amides is 2. The summed E-state index contributed by atoms with van der Waals surface area (Å²) in [6.45, 7) is 4.34. The van der Waals surface area contributed by atoms with E-state index >= 15 is 0 Å². The average Bonchev–Trinajstić information content (AvgIpc) is 3.41. The smallest absolute Gasteiger partial charge is 0.407 e. The van der Waals surface area contributed by atoms with Crippen LogP contribution < -0.4 is 5.32 Å². The maximum absolute atomic E-state index is 13.0. The third-order valence-corrected chi connectivity index (χ3v) is 6.62. The van der Waals surface area contributed by atoms with Crippen LogP contribution in [0, 0.1) is 5.92 Å². The normalized spacial score (nSPS) is 19.9. The maximum atomic E-state index is 13.0. The van der Waals surface area contributed by atoms with Gasteiger partial charge >= 0.3 is 12.1 Å². The monoisotopic (exact) mass is 466 g/mol. The van der Waals surface area contributed by atoms with E-state index < -0.39 is 30.1 Å². The fourth-order valence-corrected chi connectivity index (χ4v) is 4.92. The SMILES string of the molecule is CCOC1CN(C(=O)C(CC)NC(=O)OCC2c3ccccc3-c3ccccc32)CC1C(=O)O. The van der Waals surface area contributed by atoms with Crippen molar-refractivity contribution in [2.45, 2.75) is 38.3 Å². The highest BCUT2D eigenvalue weighted by atomic mass is 16.5. The fourth-order valence-electron chi connectivity index (χ4n) is 4.92. The van der Waals surface area contributed by atoms with E-state index in [9.17, 15) is 19.5 Å². The summed E-state index contributed by atoms with van der Waals surface area (Å²) >= 11 is 0. The molecule has 1 fully saturated rings. The first kappa shape index (κ1) is 23.8. The van der Waals surface area contributed by atoms with Gasteiger partial charge in [-0.15, -0.1) is 0 Å². The van der Waals surface area contributed by atoms with Gasteiger partial charge in [-0.05, 0) is 35.6 Å². The molecule has 2 amide bonds. The van der Waals surface area contributed by atoms with E-state index in [-0.39, 0.29) is 31.5 Å². The zero-order valence-corrected chi connectivity index (χ0v) is 19.4. The van der Waals surface area contributed by atoms with Crippen molar-refractivity contribution >= 4 is 18.0 Å². The topological polar surface area (TPSA) is 105 Å². The fraction of sp³-hybridized carbons (Fsp3) is 0.423. The molecule has 2 N–H and O–H groups in total. The number of likely N-dealkylation sites (tertiary alicyclic amines) is 1. The summed E-state index contributed by atoms with van der Waals surface area (Å²) in [5.74, 6) is -2.18. The number of carboxylic acid groups (broad SMARTS) is 1. The van der Waals surface area contributed by atoms with Gasteiger partial charge in [-0.3, -0.25) is 9.59 Å². The Kier molecular flexibility index (Phi) is 7.17. The molecule has 0 bridgehead atoms. The quantitative estimate of drug-likeness (QED) is 0.619. The Morgan fingerprint density at radius 1 is 1.03 bits per heavy atom. The van der Waals surface area contributed by atoms with Gasteiger partial charge in [-0.25, -0.2) is 4.79 Å². The third-order valence-electron chi connectivity index (χ3n) is 6.62. The molecule has 34 heavy (non-hydrogen) atoms. The van der Waals surface area contributed by atoms with Crippen molar-refractivity contribution in [3.8, 4) is 11.1 Å². The van der Waals surface area contributed by atoms with E-state index in [0.717, 1.165) is 22.3 Å². The van der Waals surface area contributed by atoms with Gasteiger partial charge < -0.3 is 24.8 Å². The molecule has 1 aliphatic heterocycles. The summed E-state index contributed by atoms with van der Waals surface area (Å²) in [4.78, 5) is 38.7. The van der Waals surface area contributed by atoms with Crippen molar-refractivity contribution in [2.75, 3.05) is 26.3 Å². The number of hydrogen-bond donors (Lipinski definition) is 2. The number of nitrogens with zero attached hydrogens (tertiary/aromatic N) is 1. The predicted molar refractivity (Wildman–Crippen MR) is 125 cm³/mol. The molecule has 0 saturated carbocycles. The number of alkyl carbamates (subject to hydrolysis) is 1. The molecule has 3 unspecified atom stereocenters. The second kappa shape index (κ2) is 10.3. The summed E-state index contributed by atoms with van der Waals surface area (Å²) in [5.41, 5.74) is 4.50.